The van der Waals surface area contributed by atoms with Crippen molar-refractivity contribution in [1.29, 1.82) is 0 Å². The third-order valence-electron chi connectivity index (χ3n) is 3.36. The van der Waals surface area contributed by atoms with Crippen LogP contribution in [0.15, 0.2) is 29.3 Å². The number of nitrogens with zero attached hydrogens (tertiary/aromatic N) is 2. The molecule has 102 valence electrons. The maximum atomic E-state index is 10.2. The minimum atomic E-state index is 0.243. The number of allylic oxidation sites excluding steroid dienone is 1. The van der Waals surface area contributed by atoms with Crippen LogP contribution in [0.5, 0.6) is 5.88 Å². The summed E-state index contributed by atoms with van der Waals surface area (Å²) in [4.78, 5) is 5.34. The fourth-order valence-corrected chi connectivity index (χ4v) is 3.71. The van der Waals surface area contributed by atoms with Crippen LogP contribution in [0.2, 0.25) is 0 Å². The van der Waals surface area contributed by atoms with E-state index in [1.165, 1.54) is 11.3 Å². The number of rotatable bonds is 2. The predicted molar refractivity (Wildman–Crippen MR) is 87.6 cm³/mol. The lowest BCUT2D eigenvalue weighted by molar-refractivity contribution is 0.419. The number of benzene rings is 1. The third-order valence-corrected chi connectivity index (χ3v) is 4.74. The Morgan fingerprint density at radius 2 is 2.15 bits per heavy atom. The highest BCUT2D eigenvalue weighted by Gasteiger charge is 2.18. The molecule has 2 aromatic rings. The number of thiazole rings is 1. The van der Waals surface area contributed by atoms with E-state index in [2.05, 4.69) is 4.99 Å². The van der Waals surface area contributed by atoms with Crippen molar-refractivity contribution in [3.63, 3.8) is 0 Å². The monoisotopic (exact) mass is 302 g/mol. The van der Waals surface area contributed by atoms with Crippen LogP contribution >= 0.6 is 23.6 Å². The van der Waals surface area contributed by atoms with Crippen LogP contribution < -0.4 is 0 Å². The molecule has 1 aromatic heterocycles. The Morgan fingerprint density at radius 3 is 2.85 bits per heavy atom. The first-order valence-electron chi connectivity index (χ1n) is 6.41. The van der Waals surface area contributed by atoms with E-state index >= 15 is 0 Å². The van der Waals surface area contributed by atoms with Crippen molar-refractivity contribution in [3.05, 3.63) is 38.7 Å². The van der Waals surface area contributed by atoms with Crippen LogP contribution in [0, 0.1) is 3.95 Å². The molecule has 0 radical (unpaired) electrons. The van der Waals surface area contributed by atoms with Crippen LogP contribution in [0.4, 0.5) is 5.69 Å². The highest BCUT2D eigenvalue weighted by Crippen LogP contribution is 2.38. The molecule has 3 nitrogen and oxygen atoms in total. The maximum absolute atomic E-state index is 10.2. The molecule has 20 heavy (non-hydrogen) atoms. The summed E-state index contributed by atoms with van der Waals surface area (Å²) in [6.07, 6.45) is 1.98. The van der Waals surface area contributed by atoms with Gasteiger partial charge in [0.25, 0.3) is 0 Å². The number of aliphatic imine (C=N–C) groups is 1. The highest BCUT2D eigenvalue weighted by atomic mass is 32.1. The van der Waals surface area contributed by atoms with Crippen LogP contribution in [-0.2, 0) is 6.54 Å². The number of para-hydroxylation sites is 1. The topological polar surface area (TPSA) is 37.5 Å². The Bertz CT molecular complexity index is 796. The van der Waals surface area contributed by atoms with Crippen LogP contribution in [0.25, 0.3) is 11.6 Å². The van der Waals surface area contributed by atoms with Crippen LogP contribution in [0.3, 0.4) is 0 Å². The largest absolute Gasteiger partial charge is 0.493 e. The second-order valence-corrected chi connectivity index (χ2v) is 6.25. The molecule has 0 unspecified atom stereocenters. The molecule has 1 aromatic carbocycles. The number of fused-ring (bicyclic) bond motifs is 1. The lowest BCUT2D eigenvalue weighted by Crippen LogP contribution is -1.92. The van der Waals surface area contributed by atoms with E-state index in [0.29, 0.717) is 10.5 Å². The van der Waals surface area contributed by atoms with Gasteiger partial charge in [-0.2, -0.15) is 0 Å². The molecule has 0 saturated carbocycles. The van der Waals surface area contributed by atoms with Crippen molar-refractivity contribution < 1.29 is 5.11 Å². The van der Waals surface area contributed by atoms with Gasteiger partial charge in [-0.15, -0.1) is 11.3 Å². The Morgan fingerprint density at radius 1 is 1.40 bits per heavy atom. The Hall–Kier alpha value is -1.72. The van der Waals surface area contributed by atoms with Crippen molar-refractivity contribution in [2.75, 3.05) is 0 Å². The van der Waals surface area contributed by atoms with Crippen molar-refractivity contribution in [2.24, 2.45) is 4.99 Å². The Balaban J connectivity index is 2.15. The van der Waals surface area contributed by atoms with E-state index in [0.717, 1.165) is 27.4 Å². The molecule has 1 aliphatic heterocycles. The SMILES string of the molecule is CCn1c(O)c(C=C2C(C)=Nc3ccccc32)sc1=S. The van der Waals surface area contributed by atoms with Crippen molar-refractivity contribution >= 4 is 46.6 Å². The van der Waals surface area contributed by atoms with E-state index in [1.807, 2.05) is 44.2 Å². The Labute approximate surface area is 126 Å². The summed E-state index contributed by atoms with van der Waals surface area (Å²) in [6.45, 7) is 4.63. The zero-order valence-corrected chi connectivity index (χ0v) is 12.9. The molecule has 0 saturated heterocycles. The first kappa shape index (κ1) is 13.3. The molecule has 0 amide bonds. The maximum Gasteiger partial charge on any atom is 0.210 e. The fourth-order valence-electron chi connectivity index (χ4n) is 2.34. The molecule has 1 N–H and O–H groups in total. The number of hydrogen-bond donors (Lipinski definition) is 1. The minimum Gasteiger partial charge on any atom is -0.493 e. The highest BCUT2D eigenvalue weighted by molar-refractivity contribution is 7.73. The van der Waals surface area contributed by atoms with E-state index in [-0.39, 0.29) is 5.88 Å². The van der Waals surface area contributed by atoms with E-state index < -0.39 is 0 Å². The molecule has 0 fully saturated rings. The number of hydrogen-bond acceptors (Lipinski definition) is 4. The summed E-state index contributed by atoms with van der Waals surface area (Å²) < 4.78 is 2.43. The second-order valence-electron chi connectivity index (χ2n) is 4.57. The summed E-state index contributed by atoms with van der Waals surface area (Å²) in [6, 6.07) is 8.03. The van der Waals surface area contributed by atoms with Gasteiger partial charge in [0.1, 0.15) is 0 Å². The first-order valence-corrected chi connectivity index (χ1v) is 7.63. The molecule has 5 heteroatoms. The average molecular weight is 302 g/mol. The van der Waals surface area contributed by atoms with E-state index in [4.69, 9.17) is 12.2 Å². The van der Waals surface area contributed by atoms with Gasteiger partial charge in [0.2, 0.25) is 5.88 Å². The fraction of sp³-hybridized carbons (Fsp3) is 0.200. The predicted octanol–water partition coefficient (Wildman–Crippen LogP) is 4.65. The van der Waals surface area contributed by atoms with Gasteiger partial charge in [-0.05, 0) is 38.2 Å². The normalized spacial score (nSPS) is 15.5. The standard InChI is InChI=1S/C15H14N2OS2/c1-3-17-14(18)13(20-15(17)19)8-11-9(2)16-12-7-5-4-6-10(11)12/h4-8,18H,3H2,1-2H3. The van der Waals surface area contributed by atoms with Gasteiger partial charge in [0.15, 0.2) is 3.95 Å². The Kier molecular flexibility index (Phi) is 3.31. The van der Waals surface area contributed by atoms with Crippen molar-refractivity contribution in [2.45, 2.75) is 20.4 Å². The summed E-state index contributed by atoms with van der Waals surface area (Å²) in [7, 11) is 0. The lowest BCUT2D eigenvalue weighted by atomic mass is 10.0. The van der Waals surface area contributed by atoms with Crippen LogP contribution in [-0.4, -0.2) is 15.4 Å². The number of aromatic nitrogens is 1. The van der Waals surface area contributed by atoms with Crippen molar-refractivity contribution in [3.8, 4) is 5.88 Å². The van der Waals surface area contributed by atoms with Crippen LogP contribution in [0.1, 0.15) is 24.3 Å². The summed E-state index contributed by atoms with van der Waals surface area (Å²) >= 11 is 6.70. The van der Waals surface area contributed by atoms with Gasteiger partial charge in [0.05, 0.1) is 10.6 Å². The molecular formula is C15H14N2OS2. The van der Waals surface area contributed by atoms with Crippen molar-refractivity contribution in [1.82, 2.24) is 4.57 Å². The van der Waals surface area contributed by atoms with Gasteiger partial charge >= 0.3 is 0 Å². The number of aromatic hydroxyl groups is 1. The quantitative estimate of drug-likeness (QED) is 0.820. The van der Waals surface area contributed by atoms with Gasteiger partial charge in [0, 0.05) is 23.4 Å². The zero-order valence-electron chi connectivity index (χ0n) is 11.3. The van der Waals surface area contributed by atoms with Gasteiger partial charge in [-0.1, -0.05) is 18.2 Å². The van der Waals surface area contributed by atoms with Gasteiger partial charge < -0.3 is 5.11 Å². The summed E-state index contributed by atoms with van der Waals surface area (Å²) in [5, 5.41) is 10.2. The minimum absolute atomic E-state index is 0.243. The van der Waals surface area contributed by atoms with E-state index in [9.17, 15) is 5.11 Å². The molecule has 0 atom stereocenters. The molecule has 1 aliphatic rings. The summed E-state index contributed by atoms with van der Waals surface area (Å²) in [5.41, 5.74) is 4.10. The van der Waals surface area contributed by atoms with Gasteiger partial charge in [-0.25, -0.2) is 0 Å². The average Bonchev–Trinajstić information content (AvgIpc) is 2.88. The second kappa shape index (κ2) is 5.00. The molecule has 3 rings (SSSR count). The van der Waals surface area contributed by atoms with Gasteiger partial charge in [-0.3, -0.25) is 9.56 Å². The molecule has 0 aliphatic carbocycles. The smallest absolute Gasteiger partial charge is 0.210 e. The molecular weight excluding hydrogens is 288 g/mol. The first-order chi connectivity index (χ1) is 9.61. The lowest BCUT2D eigenvalue weighted by Gasteiger charge is -2.02. The van der Waals surface area contributed by atoms with E-state index in [1.54, 1.807) is 4.57 Å². The molecule has 0 spiro atoms. The summed E-state index contributed by atoms with van der Waals surface area (Å²) in [5.74, 6) is 0.243. The third kappa shape index (κ3) is 2.03. The zero-order chi connectivity index (χ0) is 14.3. The molecule has 0 bridgehead atoms. The molecule has 2 heterocycles.